The van der Waals surface area contributed by atoms with Crippen molar-refractivity contribution in [3.05, 3.63) is 23.8 Å². The van der Waals surface area contributed by atoms with Crippen LogP contribution < -0.4 is 0 Å². The lowest BCUT2D eigenvalue weighted by Crippen LogP contribution is -2.26. The van der Waals surface area contributed by atoms with E-state index in [0.29, 0.717) is 0 Å². The Labute approximate surface area is 87.1 Å². The highest BCUT2D eigenvalue weighted by atomic mass is 32.2. The lowest BCUT2D eigenvalue weighted by atomic mass is 10.1. The van der Waals surface area contributed by atoms with E-state index in [9.17, 15) is 13.2 Å². The number of rotatable bonds is 2. The predicted molar refractivity (Wildman–Crippen MR) is 56.3 cm³/mol. The molecule has 0 N–H and O–H groups in total. The molecule has 0 spiro atoms. The largest absolute Gasteiger partial charge is 0.275 e. The Morgan fingerprint density at radius 1 is 1.57 bits per heavy atom. The molecule has 1 aliphatic rings. The van der Waals surface area contributed by atoms with Gasteiger partial charge in [-0.15, -0.1) is 0 Å². The van der Waals surface area contributed by atoms with Crippen molar-refractivity contribution in [3.8, 4) is 0 Å². The predicted octanol–water partition coefficient (Wildman–Crippen LogP) is 0.907. The van der Waals surface area contributed by atoms with Gasteiger partial charge in [-0.25, -0.2) is 13.2 Å². The van der Waals surface area contributed by atoms with Gasteiger partial charge < -0.3 is 0 Å². The van der Waals surface area contributed by atoms with Crippen molar-refractivity contribution in [2.24, 2.45) is 4.40 Å². The first-order valence-electron chi connectivity index (χ1n) is 3.70. The number of allylic oxidation sites excluding steroid dienone is 3. The molecule has 0 fully saturated rings. The fraction of sp³-hybridized carbons (Fsp3) is 0.250. The molecule has 74 valence electrons. The minimum atomic E-state index is -3.88. The number of nitrogens with zero attached hydrogens (tertiary/aromatic N) is 1. The first-order valence-corrected chi connectivity index (χ1v) is 5.62. The molecule has 1 atom stereocenters. The third-order valence-corrected chi connectivity index (χ3v) is 3.57. The highest BCUT2D eigenvalue weighted by Gasteiger charge is 2.27. The highest BCUT2D eigenvalue weighted by molar-refractivity contribution is 7.94. The monoisotopic (exact) mass is 229 g/mol. The van der Waals surface area contributed by atoms with Gasteiger partial charge in [0.05, 0.1) is 0 Å². The fourth-order valence-corrected chi connectivity index (χ4v) is 2.53. The van der Waals surface area contributed by atoms with Crippen LogP contribution in [0.4, 0.5) is 0 Å². The fourth-order valence-electron chi connectivity index (χ4n) is 1.04. The molecule has 0 radical (unpaired) electrons. The summed E-state index contributed by atoms with van der Waals surface area (Å²) in [4.78, 5) is 10.1. The summed E-state index contributed by atoms with van der Waals surface area (Å²) in [5.41, 5.74) is 0.872. The molecule has 0 amide bonds. The van der Waals surface area contributed by atoms with Crippen molar-refractivity contribution >= 4 is 33.2 Å². The third kappa shape index (κ3) is 2.23. The van der Waals surface area contributed by atoms with Gasteiger partial charge in [0.15, 0.2) is 0 Å². The van der Waals surface area contributed by atoms with E-state index in [-0.39, 0.29) is 4.86 Å². The van der Waals surface area contributed by atoms with Crippen LogP contribution >= 0.6 is 12.2 Å². The first kappa shape index (κ1) is 11.0. The third-order valence-electron chi connectivity index (χ3n) is 1.67. The normalized spacial score (nSPS) is 21.4. The van der Waals surface area contributed by atoms with E-state index >= 15 is 0 Å². The van der Waals surface area contributed by atoms with Gasteiger partial charge in [-0.2, -0.15) is 0 Å². The Balaban J connectivity index is 3.11. The quantitative estimate of drug-likeness (QED) is 0.401. The van der Waals surface area contributed by atoms with E-state index < -0.39 is 15.3 Å². The van der Waals surface area contributed by atoms with Crippen LogP contribution in [0.5, 0.6) is 0 Å². The summed E-state index contributed by atoms with van der Waals surface area (Å²) < 4.78 is 25.4. The summed E-state index contributed by atoms with van der Waals surface area (Å²) in [6.07, 6.45) is 5.61. The maximum Gasteiger partial charge on any atom is 0.275 e. The maximum absolute atomic E-state index is 11.3. The van der Waals surface area contributed by atoms with Gasteiger partial charge in [-0.1, -0.05) is 34.3 Å². The van der Waals surface area contributed by atoms with E-state index in [4.69, 9.17) is 12.2 Å². The molecule has 0 aliphatic heterocycles. The van der Waals surface area contributed by atoms with E-state index in [2.05, 4.69) is 4.40 Å². The molecule has 1 aliphatic carbocycles. The van der Waals surface area contributed by atoms with Crippen LogP contribution in [0.1, 0.15) is 6.92 Å². The summed E-state index contributed by atoms with van der Waals surface area (Å²) in [5.74, 6) is 0. The van der Waals surface area contributed by atoms with Crippen LogP contribution in [0.15, 0.2) is 28.2 Å². The SMILES string of the molecule is CC1=CC(=S)C(S(=O)(=O)N=C=O)C=C1. The standard InChI is InChI=1S/C8H7NO3S2/c1-6-2-3-8(7(13)4-6)14(11,12)9-5-10/h2-4,8H,1H3. The van der Waals surface area contributed by atoms with Gasteiger partial charge in [0.25, 0.3) is 16.1 Å². The molecule has 0 aromatic carbocycles. The van der Waals surface area contributed by atoms with Gasteiger partial charge in [-0.05, 0) is 13.0 Å². The average molecular weight is 229 g/mol. The summed E-state index contributed by atoms with van der Waals surface area (Å²) >= 11 is 4.87. The molecule has 6 heteroatoms. The number of sulfonamides is 1. The molecular weight excluding hydrogens is 222 g/mol. The van der Waals surface area contributed by atoms with Gasteiger partial charge in [0, 0.05) is 4.86 Å². The summed E-state index contributed by atoms with van der Waals surface area (Å²) in [6, 6.07) is 0. The molecule has 4 nitrogen and oxygen atoms in total. The zero-order valence-electron chi connectivity index (χ0n) is 7.30. The van der Waals surface area contributed by atoms with Gasteiger partial charge in [0.1, 0.15) is 5.25 Å². The molecule has 0 aromatic rings. The second-order valence-electron chi connectivity index (χ2n) is 2.77. The molecule has 0 aromatic heterocycles. The van der Waals surface area contributed by atoms with Gasteiger partial charge >= 0.3 is 0 Å². The van der Waals surface area contributed by atoms with Crippen LogP contribution in [0, 0.1) is 0 Å². The topological polar surface area (TPSA) is 63.6 Å². The molecule has 1 unspecified atom stereocenters. The van der Waals surface area contributed by atoms with Crippen LogP contribution in [0.2, 0.25) is 0 Å². The van der Waals surface area contributed by atoms with Gasteiger partial charge in [-0.3, -0.25) is 0 Å². The lowest BCUT2D eigenvalue weighted by molar-refractivity contribution is 0.563. The molecule has 0 saturated carbocycles. The van der Waals surface area contributed by atoms with E-state index in [1.54, 1.807) is 19.1 Å². The summed E-state index contributed by atoms with van der Waals surface area (Å²) in [5, 5.41) is -1.01. The van der Waals surface area contributed by atoms with Crippen LogP contribution in [0.3, 0.4) is 0 Å². The number of carbonyl (C=O) groups excluding carboxylic acids is 1. The van der Waals surface area contributed by atoms with Crippen LogP contribution in [0.25, 0.3) is 0 Å². The molecule has 0 heterocycles. The van der Waals surface area contributed by atoms with Crippen molar-refractivity contribution in [2.45, 2.75) is 12.2 Å². The second-order valence-corrected chi connectivity index (χ2v) is 4.96. The Morgan fingerprint density at radius 2 is 2.21 bits per heavy atom. The molecule has 14 heavy (non-hydrogen) atoms. The van der Waals surface area contributed by atoms with E-state index in [1.807, 2.05) is 0 Å². The zero-order chi connectivity index (χ0) is 10.8. The van der Waals surface area contributed by atoms with E-state index in [1.165, 1.54) is 6.08 Å². The van der Waals surface area contributed by atoms with Crippen LogP contribution in [-0.2, 0) is 14.8 Å². The van der Waals surface area contributed by atoms with E-state index in [0.717, 1.165) is 11.7 Å². The number of hydrogen-bond acceptors (Lipinski definition) is 4. The Kier molecular flexibility index (Phi) is 3.10. The second kappa shape index (κ2) is 3.96. The van der Waals surface area contributed by atoms with Crippen LogP contribution in [-0.4, -0.2) is 24.6 Å². The van der Waals surface area contributed by atoms with Gasteiger partial charge in [0.2, 0.25) is 0 Å². The zero-order valence-corrected chi connectivity index (χ0v) is 8.93. The Hall–Kier alpha value is -1.10. The minimum Gasteiger partial charge on any atom is -0.210 e. The number of thiocarbonyl (C=S) groups is 1. The maximum atomic E-state index is 11.3. The summed E-state index contributed by atoms with van der Waals surface area (Å²) in [7, 11) is -3.88. The van der Waals surface area contributed by atoms with Crippen molar-refractivity contribution < 1.29 is 13.2 Å². The molecule has 1 rings (SSSR count). The number of isocyanates is 1. The van der Waals surface area contributed by atoms with Crippen molar-refractivity contribution in [1.29, 1.82) is 0 Å². The summed E-state index contributed by atoms with van der Waals surface area (Å²) in [6.45, 7) is 1.80. The Bertz CT molecular complexity index is 467. The smallest absolute Gasteiger partial charge is 0.210 e. The first-order chi connectivity index (χ1) is 6.47. The Morgan fingerprint density at radius 3 is 2.71 bits per heavy atom. The molecule has 0 bridgehead atoms. The molecule has 0 saturated heterocycles. The van der Waals surface area contributed by atoms with Crippen molar-refractivity contribution in [2.75, 3.05) is 0 Å². The number of hydrogen-bond donors (Lipinski definition) is 0. The lowest BCUT2D eigenvalue weighted by Gasteiger charge is -2.12. The highest BCUT2D eigenvalue weighted by Crippen LogP contribution is 2.16. The minimum absolute atomic E-state index is 0.240. The molecular formula is C8H7NO3S2. The van der Waals surface area contributed by atoms with Crippen molar-refractivity contribution in [1.82, 2.24) is 0 Å². The average Bonchev–Trinajstić information content (AvgIpc) is 2.02. The van der Waals surface area contributed by atoms with Crippen molar-refractivity contribution in [3.63, 3.8) is 0 Å².